The standard InChI is InChI=1S/C12H9NO4/c13-12(17)7-3-1-2-6(4-7)8-5-9(14)11(16)10(8)15/h1-4,8H,5H2,(H2,13,17). The lowest BCUT2D eigenvalue weighted by atomic mass is 9.95. The molecule has 1 aromatic carbocycles. The van der Waals surface area contributed by atoms with Gasteiger partial charge in [-0.25, -0.2) is 0 Å². The predicted octanol–water partition coefficient (Wildman–Crippen LogP) is -0.0199. The Morgan fingerprint density at radius 3 is 2.47 bits per heavy atom. The first-order valence-corrected chi connectivity index (χ1v) is 5.02. The van der Waals surface area contributed by atoms with Crippen LogP contribution in [0, 0.1) is 0 Å². The third kappa shape index (κ3) is 1.87. The molecule has 1 aliphatic rings. The third-order valence-corrected chi connectivity index (χ3v) is 2.76. The van der Waals surface area contributed by atoms with Crippen molar-refractivity contribution in [1.29, 1.82) is 0 Å². The summed E-state index contributed by atoms with van der Waals surface area (Å²) < 4.78 is 0. The van der Waals surface area contributed by atoms with Gasteiger partial charge in [-0.2, -0.15) is 0 Å². The first-order valence-electron chi connectivity index (χ1n) is 5.02. The van der Waals surface area contributed by atoms with Crippen LogP contribution in [0.5, 0.6) is 0 Å². The molecule has 0 bridgehead atoms. The average molecular weight is 231 g/mol. The number of hydrogen-bond donors (Lipinski definition) is 1. The van der Waals surface area contributed by atoms with Crippen LogP contribution in [-0.4, -0.2) is 23.3 Å². The summed E-state index contributed by atoms with van der Waals surface area (Å²) in [6.07, 6.45) is -0.125. The maximum atomic E-state index is 11.5. The summed E-state index contributed by atoms with van der Waals surface area (Å²) in [5.74, 6) is -3.73. The SMILES string of the molecule is NC(=O)c1cccc(C2CC(=O)C(=O)C2=O)c1. The molecule has 0 aliphatic heterocycles. The quantitative estimate of drug-likeness (QED) is 0.723. The lowest BCUT2D eigenvalue weighted by molar-refractivity contribution is -0.140. The Morgan fingerprint density at radius 1 is 1.24 bits per heavy atom. The van der Waals surface area contributed by atoms with Crippen molar-refractivity contribution in [2.45, 2.75) is 12.3 Å². The number of hydrogen-bond acceptors (Lipinski definition) is 4. The van der Waals surface area contributed by atoms with Crippen LogP contribution in [-0.2, 0) is 14.4 Å². The van der Waals surface area contributed by atoms with E-state index >= 15 is 0 Å². The van der Waals surface area contributed by atoms with E-state index in [1.54, 1.807) is 12.1 Å². The Bertz CT molecular complexity index is 547. The number of amides is 1. The van der Waals surface area contributed by atoms with E-state index in [0.717, 1.165) is 0 Å². The van der Waals surface area contributed by atoms with Crippen LogP contribution in [0.25, 0.3) is 0 Å². The van der Waals surface area contributed by atoms with Gasteiger partial charge in [-0.1, -0.05) is 12.1 Å². The molecule has 1 unspecified atom stereocenters. The minimum Gasteiger partial charge on any atom is -0.366 e. The van der Waals surface area contributed by atoms with Gasteiger partial charge in [0.1, 0.15) is 0 Å². The van der Waals surface area contributed by atoms with Crippen LogP contribution in [0.15, 0.2) is 24.3 Å². The van der Waals surface area contributed by atoms with Crippen molar-refractivity contribution >= 4 is 23.3 Å². The van der Waals surface area contributed by atoms with Crippen LogP contribution >= 0.6 is 0 Å². The molecule has 1 atom stereocenters. The molecule has 0 spiro atoms. The Hall–Kier alpha value is -2.30. The summed E-state index contributed by atoms with van der Waals surface area (Å²) in [6.45, 7) is 0. The summed E-state index contributed by atoms with van der Waals surface area (Å²) in [5, 5.41) is 0. The maximum Gasteiger partial charge on any atom is 0.264 e. The first-order chi connectivity index (χ1) is 8.00. The van der Waals surface area contributed by atoms with Gasteiger partial charge >= 0.3 is 0 Å². The van der Waals surface area contributed by atoms with Gasteiger partial charge in [-0.05, 0) is 17.7 Å². The molecule has 0 saturated heterocycles. The summed E-state index contributed by atoms with van der Waals surface area (Å²) in [4.78, 5) is 44.7. The second kappa shape index (κ2) is 3.93. The Labute approximate surface area is 96.6 Å². The number of rotatable bonds is 2. The molecule has 1 amide bonds. The van der Waals surface area contributed by atoms with Gasteiger partial charge in [0.25, 0.3) is 5.78 Å². The number of ketones is 3. The molecule has 1 aromatic rings. The minimum absolute atomic E-state index is 0.125. The molecule has 2 rings (SSSR count). The zero-order valence-corrected chi connectivity index (χ0v) is 8.80. The minimum atomic E-state index is -0.959. The molecule has 5 nitrogen and oxygen atoms in total. The maximum absolute atomic E-state index is 11.5. The van der Waals surface area contributed by atoms with E-state index in [1.807, 2.05) is 0 Å². The van der Waals surface area contributed by atoms with Crippen molar-refractivity contribution in [3.63, 3.8) is 0 Å². The predicted molar refractivity (Wildman–Crippen MR) is 57.3 cm³/mol. The number of primary amides is 1. The Balaban J connectivity index is 2.39. The largest absolute Gasteiger partial charge is 0.366 e. The molecule has 1 saturated carbocycles. The zero-order chi connectivity index (χ0) is 12.6. The van der Waals surface area contributed by atoms with E-state index in [2.05, 4.69) is 0 Å². The Kier molecular flexibility index (Phi) is 2.59. The molecule has 2 N–H and O–H groups in total. The first kappa shape index (κ1) is 11.2. The Morgan fingerprint density at radius 2 is 1.94 bits per heavy atom. The molecule has 17 heavy (non-hydrogen) atoms. The highest BCUT2D eigenvalue weighted by Gasteiger charge is 2.40. The van der Waals surface area contributed by atoms with Crippen molar-refractivity contribution in [3.8, 4) is 0 Å². The van der Waals surface area contributed by atoms with Gasteiger partial charge in [0, 0.05) is 12.0 Å². The molecular weight excluding hydrogens is 222 g/mol. The van der Waals surface area contributed by atoms with Gasteiger partial charge in [-0.15, -0.1) is 0 Å². The summed E-state index contributed by atoms with van der Waals surface area (Å²) in [7, 11) is 0. The molecule has 0 radical (unpaired) electrons. The monoisotopic (exact) mass is 231 g/mol. The fourth-order valence-electron chi connectivity index (χ4n) is 1.84. The third-order valence-electron chi connectivity index (χ3n) is 2.76. The normalized spacial score (nSPS) is 19.8. The van der Waals surface area contributed by atoms with E-state index in [0.29, 0.717) is 5.56 Å². The van der Waals surface area contributed by atoms with Crippen molar-refractivity contribution in [3.05, 3.63) is 35.4 Å². The van der Waals surface area contributed by atoms with Crippen molar-refractivity contribution in [2.24, 2.45) is 5.73 Å². The number of carbonyl (C=O) groups is 4. The van der Waals surface area contributed by atoms with E-state index in [-0.39, 0.29) is 12.0 Å². The molecule has 1 aliphatic carbocycles. The van der Waals surface area contributed by atoms with Crippen molar-refractivity contribution < 1.29 is 19.2 Å². The fraction of sp³-hybridized carbons (Fsp3) is 0.167. The summed E-state index contributed by atoms with van der Waals surface area (Å²) >= 11 is 0. The highest BCUT2D eigenvalue weighted by atomic mass is 16.2. The second-order valence-electron chi connectivity index (χ2n) is 3.86. The average Bonchev–Trinajstić information content (AvgIpc) is 2.57. The molecule has 0 aromatic heterocycles. The topological polar surface area (TPSA) is 94.3 Å². The van der Waals surface area contributed by atoms with Crippen LogP contribution in [0.2, 0.25) is 0 Å². The van der Waals surface area contributed by atoms with Crippen LogP contribution in [0.1, 0.15) is 28.3 Å². The lowest BCUT2D eigenvalue weighted by Crippen LogP contribution is -2.16. The number of Topliss-reactive ketones (excluding diaryl/α,β-unsaturated/α-hetero) is 3. The van der Waals surface area contributed by atoms with Crippen molar-refractivity contribution in [2.75, 3.05) is 0 Å². The van der Waals surface area contributed by atoms with E-state index in [9.17, 15) is 19.2 Å². The van der Waals surface area contributed by atoms with Gasteiger partial charge in [0.05, 0.1) is 5.92 Å². The summed E-state index contributed by atoms with van der Waals surface area (Å²) in [6, 6.07) is 6.11. The van der Waals surface area contributed by atoms with E-state index < -0.39 is 29.2 Å². The molecule has 86 valence electrons. The molecule has 0 heterocycles. The van der Waals surface area contributed by atoms with Gasteiger partial charge < -0.3 is 5.73 Å². The second-order valence-corrected chi connectivity index (χ2v) is 3.86. The summed E-state index contributed by atoms with van der Waals surface area (Å²) in [5.41, 5.74) is 5.84. The highest BCUT2D eigenvalue weighted by molar-refractivity contribution is 6.68. The zero-order valence-electron chi connectivity index (χ0n) is 8.80. The highest BCUT2D eigenvalue weighted by Crippen LogP contribution is 2.27. The van der Waals surface area contributed by atoms with Gasteiger partial charge in [0.2, 0.25) is 17.5 Å². The number of benzene rings is 1. The number of nitrogens with two attached hydrogens (primary N) is 1. The molecule has 5 heteroatoms. The fourth-order valence-corrected chi connectivity index (χ4v) is 1.84. The van der Waals surface area contributed by atoms with Gasteiger partial charge in [0.15, 0.2) is 0 Å². The van der Waals surface area contributed by atoms with Gasteiger partial charge in [-0.3, -0.25) is 19.2 Å². The van der Waals surface area contributed by atoms with E-state index in [4.69, 9.17) is 5.73 Å². The van der Waals surface area contributed by atoms with Crippen LogP contribution < -0.4 is 5.73 Å². The smallest absolute Gasteiger partial charge is 0.264 e. The molecular formula is C12H9NO4. The number of carbonyl (C=O) groups excluding carboxylic acids is 4. The van der Waals surface area contributed by atoms with Crippen LogP contribution in [0.3, 0.4) is 0 Å². The van der Waals surface area contributed by atoms with Crippen LogP contribution in [0.4, 0.5) is 0 Å². The lowest BCUT2D eigenvalue weighted by Gasteiger charge is -2.07. The van der Waals surface area contributed by atoms with Crippen molar-refractivity contribution in [1.82, 2.24) is 0 Å². The van der Waals surface area contributed by atoms with E-state index in [1.165, 1.54) is 12.1 Å². The molecule has 1 fully saturated rings.